The maximum atomic E-state index is 11.8. The summed E-state index contributed by atoms with van der Waals surface area (Å²) in [6.07, 6.45) is 1.28. The highest BCUT2D eigenvalue weighted by Gasteiger charge is 2.16. The number of nitro groups is 1. The molecule has 0 aliphatic carbocycles. The zero-order chi connectivity index (χ0) is 19.9. The number of carbonyl (C=O) groups excluding carboxylic acids is 1. The highest BCUT2D eigenvalue weighted by atomic mass is 35.5. The second-order valence-electron chi connectivity index (χ2n) is 5.49. The predicted octanol–water partition coefficient (Wildman–Crippen LogP) is 4.04. The van der Waals surface area contributed by atoms with E-state index < -0.39 is 10.8 Å². The highest BCUT2D eigenvalue weighted by molar-refractivity contribution is 6.32. The summed E-state index contributed by atoms with van der Waals surface area (Å²) in [5.74, 6) is 0.549. The topological polar surface area (TPSA) is 107 Å². The van der Waals surface area contributed by atoms with Gasteiger partial charge in [0.1, 0.15) is 17.3 Å². The fourth-order valence-electron chi connectivity index (χ4n) is 2.31. The number of rotatable bonds is 7. The van der Waals surface area contributed by atoms with E-state index >= 15 is 0 Å². The monoisotopic (exact) mass is 399 g/mol. The Labute approximate surface area is 164 Å². The number of hydrogen-bond donors (Lipinski definition) is 1. The molecule has 28 heavy (non-hydrogen) atoms. The molecule has 0 aliphatic heterocycles. The lowest BCUT2D eigenvalue weighted by molar-refractivity contribution is -0.384. The minimum atomic E-state index is -0.485. The Hall–Kier alpha value is -3.65. The van der Waals surface area contributed by atoms with E-state index in [2.05, 4.69) is 10.5 Å². The van der Waals surface area contributed by atoms with Crippen LogP contribution in [0.1, 0.15) is 5.76 Å². The Kier molecular flexibility index (Phi) is 6.03. The fraction of sp³-hybridized carbons (Fsp3) is 0.0526. The molecule has 1 heterocycles. The summed E-state index contributed by atoms with van der Waals surface area (Å²) in [7, 11) is 0. The minimum absolute atomic E-state index is 0.0645. The van der Waals surface area contributed by atoms with Crippen molar-refractivity contribution in [1.82, 2.24) is 5.43 Å². The number of ether oxygens (including phenoxy) is 1. The third-order valence-electron chi connectivity index (χ3n) is 3.57. The zero-order valence-electron chi connectivity index (χ0n) is 14.4. The number of furan rings is 1. The van der Waals surface area contributed by atoms with Gasteiger partial charge in [0, 0.05) is 6.07 Å². The van der Waals surface area contributed by atoms with Crippen molar-refractivity contribution in [2.75, 3.05) is 6.61 Å². The Morgan fingerprint density at radius 2 is 1.93 bits per heavy atom. The van der Waals surface area contributed by atoms with Crippen LogP contribution in [0.5, 0.6) is 5.75 Å². The molecular formula is C19H14ClN3O5. The zero-order valence-corrected chi connectivity index (χ0v) is 15.1. The van der Waals surface area contributed by atoms with Crippen LogP contribution in [0.15, 0.2) is 70.2 Å². The maximum Gasteiger partial charge on any atom is 0.280 e. The lowest BCUT2D eigenvalue weighted by atomic mass is 10.1. The number of hydrogen-bond acceptors (Lipinski definition) is 6. The number of amides is 1. The molecule has 1 aromatic heterocycles. The standard InChI is InChI=1S/C19H14ClN3O5/c20-15-6-2-4-8-18(15)27-12-19(24)22-21-11-13-9-10-17(28-13)14-5-1-3-7-16(14)23(25)26/h1-11H,12H2,(H,22,24)/b21-11+. The van der Waals surface area contributed by atoms with Crippen LogP contribution in [0, 0.1) is 10.1 Å². The maximum absolute atomic E-state index is 11.8. The van der Waals surface area contributed by atoms with Gasteiger partial charge >= 0.3 is 0 Å². The normalized spacial score (nSPS) is 10.8. The lowest BCUT2D eigenvalue weighted by Crippen LogP contribution is -2.24. The van der Waals surface area contributed by atoms with Crippen LogP contribution in [-0.4, -0.2) is 23.7 Å². The number of hydrazone groups is 1. The van der Waals surface area contributed by atoms with Crippen molar-refractivity contribution >= 4 is 29.4 Å². The number of carbonyl (C=O) groups is 1. The van der Waals surface area contributed by atoms with Gasteiger partial charge in [0.2, 0.25) is 0 Å². The molecule has 0 saturated carbocycles. The molecule has 9 heteroatoms. The van der Waals surface area contributed by atoms with Crippen LogP contribution in [0.25, 0.3) is 11.3 Å². The van der Waals surface area contributed by atoms with E-state index in [-0.39, 0.29) is 12.3 Å². The lowest BCUT2D eigenvalue weighted by Gasteiger charge is -2.06. The third-order valence-corrected chi connectivity index (χ3v) is 3.88. The van der Waals surface area contributed by atoms with Crippen molar-refractivity contribution in [1.29, 1.82) is 0 Å². The van der Waals surface area contributed by atoms with E-state index in [1.807, 2.05) is 0 Å². The smallest absolute Gasteiger partial charge is 0.280 e. The van der Waals surface area contributed by atoms with Crippen molar-refractivity contribution in [3.8, 4) is 17.1 Å². The van der Waals surface area contributed by atoms with Crippen molar-refractivity contribution in [3.05, 3.63) is 81.6 Å². The largest absolute Gasteiger partial charge is 0.482 e. The van der Waals surface area contributed by atoms with Gasteiger partial charge in [-0.25, -0.2) is 5.43 Å². The van der Waals surface area contributed by atoms with Crippen molar-refractivity contribution in [2.45, 2.75) is 0 Å². The highest BCUT2D eigenvalue weighted by Crippen LogP contribution is 2.30. The van der Waals surface area contributed by atoms with Gasteiger partial charge in [-0.1, -0.05) is 35.9 Å². The number of nitrogens with one attached hydrogen (secondary N) is 1. The van der Waals surface area contributed by atoms with Crippen molar-refractivity contribution < 1.29 is 18.9 Å². The first-order valence-electron chi connectivity index (χ1n) is 8.07. The number of para-hydroxylation sites is 2. The average molecular weight is 400 g/mol. The molecule has 0 bridgehead atoms. The summed E-state index contributed by atoms with van der Waals surface area (Å²) < 4.78 is 10.8. The number of benzene rings is 2. The molecule has 8 nitrogen and oxygen atoms in total. The van der Waals surface area contributed by atoms with Crippen LogP contribution < -0.4 is 10.2 Å². The van der Waals surface area contributed by atoms with E-state index in [1.54, 1.807) is 54.6 Å². The molecular weight excluding hydrogens is 386 g/mol. The number of halogens is 1. The Bertz CT molecular complexity index is 1030. The van der Waals surface area contributed by atoms with E-state index in [1.165, 1.54) is 12.3 Å². The predicted molar refractivity (Wildman–Crippen MR) is 103 cm³/mol. The van der Waals surface area contributed by atoms with Gasteiger partial charge in [-0.3, -0.25) is 14.9 Å². The first-order valence-corrected chi connectivity index (χ1v) is 8.45. The summed E-state index contributed by atoms with van der Waals surface area (Å²) >= 11 is 5.93. The molecule has 0 unspecified atom stereocenters. The molecule has 0 aliphatic rings. The summed E-state index contributed by atoms with van der Waals surface area (Å²) in [6, 6.07) is 16.2. The van der Waals surface area contributed by atoms with E-state index in [4.69, 9.17) is 20.8 Å². The van der Waals surface area contributed by atoms with Gasteiger partial charge in [0.15, 0.2) is 6.61 Å². The van der Waals surface area contributed by atoms with Crippen LogP contribution in [0.3, 0.4) is 0 Å². The van der Waals surface area contributed by atoms with Gasteiger partial charge in [-0.15, -0.1) is 0 Å². The van der Waals surface area contributed by atoms with Gasteiger partial charge in [0.05, 0.1) is 21.7 Å². The van der Waals surface area contributed by atoms with Gasteiger partial charge < -0.3 is 9.15 Å². The van der Waals surface area contributed by atoms with Crippen molar-refractivity contribution in [2.24, 2.45) is 5.10 Å². The molecule has 3 aromatic rings. The van der Waals surface area contributed by atoms with E-state index in [0.717, 1.165) is 0 Å². The Morgan fingerprint density at radius 1 is 1.18 bits per heavy atom. The molecule has 0 spiro atoms. The van der Waals surface area contributed by atoms with Gasteiger partial charge in [-0.05, 0) is 30.3 Å². The Morgan fingerprint density at radius 3 is 2.71 bits per heavy atom. The van der Waals surface area contributed by atoms with Crippen LogP contribution >= 0.6 is 11.6 Å². The molecule has 1 amide bonds. The number of nitrogens with zero attached hydrogens (tertiary/aromatic N) is 2. The quantitative estimate of drug-likeness (QED) is 0.366. The molecule has 142 valence electrons. The van der Waals surface area contributed by atoms with Crippen molar-refractivity contribution in [3.63, 3.8) is 0 Å². The summed E-state index contributed by atoms with van der Waals surface area (Å²) in [4.78, 5) is 22.4. The molecule has 0 saturated heterocycles. The molecule has 0 fully saturated rings. The number of nitro benzene ring substituents is 1. The second kappa shape index (κ2) is 8.83. The Balaban J connectivity index is 1.58. The summed E-state index contributed by atoms with van der Waals surface area (Å²) in [5, 5.41) is 15.3. The molecule has 0 atom stereocenters. The SMILES string of the molecule is O=C(COc1ccccc1Cl)N/N=C/c1ccc(-c2ccccc2[N+](=O)[O-])o1. The van der Waals surface area contributed by atoms with E-state index in [0.29, 0.717) is 27.9 Å². The third kappa shape index (κ3) is 4.74. The first kappa shape index (κ1) is 19.1. The first-order chi connectivity index (χ1) is 13.5. The minimum Gasteiger partial charge on any atom is -0.482 e. The average Bonchev–Trinajstić information content (AvgIpc) is 3.16. The van der Waals surface area contributed by atoms with E-state index in [9.17, 15) is 14.9 Å². The molecule has 0 radical (unpaired) electrons. The summed E-state index contributed by atoms with van der Waals surface area (Å²) in [5.41, 5.74) is 2.58. The summed E-state index contributed by atoms with van der Waals surface area (Å²) in [6.45, 7) is -0.263. The van der Waals surface area contributed by atoms with Gasteiger partial charge in [-0.2, -0.15) is 5.10 Å². The fourth-order valence-corrected chi connectivity index (χ4v) is 2.50. The van der Waals surface area contributed by atoms with Crippen LogP contribution in [-0.2, 0) is 4.79 Å². The van der Waals surface area contributed by atoms with Gasteiger partial charge in [0.25, 0.3) is 11.6 Å². The second-order valence-corrected chi connectivity index (χ2v) is 5.90. The molecule has 3 rings (SSSR count). The molecule has 2 aromatic carbocycles. The molecule has 1 N–H and O–H groups in total. The van der Waals surface area contributed by atoms with Crippen LogP contribution in [0.2, 0.25) is 5.02 Å². The van der Waals surface area contributed by atoms with Crippen LogP contribution in [0.4, 0.5) is 5.69 Å².